The van der Waals surface area contributed by atoms with Crippen LogP contribution < -0.4 is 8.38 Å². The number of benzene rings is 2. The second-order valence-electron chi connectivity index (χ2n) is 9.00. The molecule has 0 radical (unpaired) electrons. The molecule has 34 heavy (non-hydrogen) atoms. The summed E-state index contributed by atoms with van der Waals surface area (Å²) in [6.45, 7) is 2.22. The van der Waals surface area contributed by atoms with Crippen LogP contribution >= 0.6 is 34.3 Å². The molecule has 0 saturated carbocycles. The maximum atomic E-state index is 8.38. The van der Waals surface area contributed by atoms with Crippen LogP contribution in [0.1, 0.15) is 35.4 Å². The van der Waals surface area contributed by atoms with E-state index in [1.165, 1.54) is 41.5 Å². The van der Waals surface area contributed by atoms with E-state index in [-0.39, 0.29) is 0 Å². The lowest BCUT2D eigenvalue weighted by Gasteiger charge is -2.21. The molecule has 7 heteroatoms. The van der Waals surface area contributed by atoms with Gasteiger partial charge in [-0.2, -0.15) is 0 Å². The highest BCUT2D eigenvalue weighted by atomic mass is 127. The van der Waals surface area contributed by atoms with Crippen molar-refractivity contribution >= 4 is 56.8 Å². The van der Waals surface area contributed by atoms with Gasteiger partial charge in [0.05, 0.1) is 4.88 Å². The van der Waals surface area contributed by atoms with E-state index in [1.54, 1.807) is 11.3 Å². The van der Waals surface area contributed by atoms with Crippen LogP contribution in [-0.2, 0) is 13.0 Å². The fourth-order valence-electron chi connectivity index (χ4n) is 4.93. The summed E-state index contributed by atoms with van der Waals surface area (Å²) in [5, 5.41) is 14.9. The zero-order valence-corrected chi connectivity index (χ0v) is 22.2. The number of likely N-dealkylation sites (tertiary alicyclic amines) is 1. The van der Waals surface area contributed by atoms with E-state index >= 15 is 0 Å². The molecule has 0 spiro atoms. The highest BCUT2D eigenvalue weighted by Gasteiger charge is 2.21. The molecule has 0 amide bonds. The van der Waals surface area contributed by atoms with E-state index in [2.05, 4.69) is 58.2 Å². The first-order chi connectivity index (χ1) is 16.6. The Morgan fingerprint density at radius 1 is 1.18 bits per heavy atom. The number of aryl methyl sites for hydroxylation is 1. The minimum atomic E-state index is 0.441. The van der Waals surface area contributed by atoms with Gasteiger partial charge in [0.15, 0.2) is 23.0 Å². The van der Waals surface area contributed by atoms with E-state index in [1.807, 2.05) is 52.7 Å². The third-order valence-electron chi connectivity index (χ3n) is 6.78. The van der Waals surface area contributed by atoms with E-state index in [0.717, 1.165) is 35.7 Å². The van der Waals surface area contributed by atoms with Gasteiger partial charge in [0, 0.05) is 41.3 Å². The number of amidine groups is 1. The van der Waals surface area contributed by atoms with Crippen LogP contribution in [0.25, 0.3) is 10.9 Å². The molecule has 1 unspecified atom stereocenters. The molecule has 1 fully saturated rings. The van der Waals surface area contributed by atoms with Crippen molar-refractivity contribution in [1.82, 2.24) is 9.47 Å². The van der Waals surface area contributed by atoms with Gasteiger partial charge in [-0.05, 0) is 86.3 Å². The van der Waals surface area contributed by atoms with Crippen molar-refractivity contribution in [2.75, 3.05) is 18.9 Å². The molecule has 0 aliphatic carbocycles. The summed E-state index contributed by atoms with van der Waals surface area (Å²) in [6, 6.07) is 21.8. The molecule has 1 saturated heterocycles. The van der Waals surface area contributed by atoms with E-state index in [0.29, 0.717) is 11.9 Å². The minimum Gasteiger partial charge on any atom is -0.428 e. The predicted molar refractivity (Wildman–Crippen MR) is 151 cm³/mol. The van der Waals surface area contributed by atoms with Crippen molar-refractivity contribution in [3.8, 4) is 5.75 Å². The van der Waals surface area contributed by atoms with Crippen LogP contribution in [0, 0.1) is 5.41 Å². The predicted octanol–water partition coefficient (Wildman–Crippen LogP) is 6.94. The molecule has 5 nitrogen and oxygen atoms in total. The smallest absolute Gasteiger partial charge is 0.192 e. The van der Waals surface area contributed by atoms with Gasteiger partial charge < -0.3 is 17.9 Å². The number of thiophene rings is 1. The monoisotopic (exact) mass is 584 g/mol. The van der Waals surface area contributed by atoms with Crippen LogP contribution in [-0.4, -0.2) is 34.9 Å². The third-order valence-corrected chi connectivity index (χ3v) is 8.18. The molecular weight excluding hydrogens is 555 g/mol. The molecule has 2 aromatic heterocycles. The Balaban J connectivity index is 1.43. The standard InChI is InChI=1S/C27H29IN4OS/c1-31-13-2-4-22(31)12-14-32-23(16-19-6-9-24(33-28)10-7-19)18-20-17-21(8-11-25(20)32)30-27(29)26-5-3-15-34-26/h3,5-11,15,17-18,22H,2,4,12-14,16H2,1H3,(H2,29,30). The zero-order chi connectivity index (χ0) is 23.5. The van der Waals surface area contributed by atoms with Crippen LogP contribution in [0.5, 0.6) is 5.75 Å². The lowest BCUT2D eigenvalue weighted by atomic mass is 10.1. The number of fused-ring (bicyclic) bond motifs is 1. The maximum absolute atomic E-state index is 8.38. The number of nitrogens with one attached hydrogen (secondary N) is 2. The van der Waals surface area contributed by atoms with Gasteiger partial charge in [-0.25, -0.2) is 0 Å². The van der Waals surface area contributed by atoms with Crippen LogP contribution in [0.2, 0.25) is 0 Å². The Hall–Kier alpha value is -2.36. The van der Waals surface area contributed by atoms with E-state index in [9.17, 15) is 0 Å². The number of aromatic nitrogens is 1. The molecule has 4 aromatic rings. The molecular formula is C27H29IN4OS. The summed E-state index contributed by atoms with van der Waals surface area (Å²) in [5.41, 5.74) is 4.81. The fourth-order valence-corrected chi connectivity index (χ4v) is 5.86. The topological polar surface area (TPSA) is 53.3 Å². The van der Waals surface area contributed by atoms with Gasteiger partial charge in [0.2, 0.25) is 0 Å². The minimum absolute atomic E-state index is 0.441. The van der Waals surface area contributed by atoms with Gasteiger partial charge in [0.1, 0.15) is 11.6 Å². The molecule has 3 heterocycles. The average Bonchev–Trinajstić information content (AvgIpc) is 3.59. The quantitative estimate of drug-likeness (QED) is 0.134. The van der Waals surface area contributed by atoms with Gasteiger partial charge in [0.25, 0.3) is 0 Å². The van der Waals surface area contributed by atoms with Crippen LogP contribution in [0.3, 0.4) is 0 Å². The number of hydrogen-bond acceptors (Lipinski definition) is 4. The van der Waals surface area contributed by atoms with Crippen molar-refractivity contribution < 1.29 is 3.07 Å². The Labute approximate surface area is 218 Å². The number of hydrogen-bond donors (Lipinski definition) is 2. The van der Waals surface area contributed by atoms with Crippen molar-refractivity contribution in [2.24, 2.45) is 0 Å². The maximum Gasteiger partial charge on any atom is 0.192 e. The normalized spacial score (nSPS) is 16.2. The number of rotatable bonds is 8. The number of halogens is 1. The highest BCUT2D eigenvalue weighted by molar-refractivity contribution is 14.1. The molecule has 2 aromatic carbocycles. The molecule has 0 bridgehead atoms. The second-order valence-corrected chi connectivity index (χ2v) is 10.4. The van der Waals surface area contributed by atoms with Gasteiger partial charge in [-0.3, -0.25) is 5.41 Å². The summed E-state index contributed by atoms with van der Waals surface area (Å²) < 4.78 is 7.80. The van der Waals surface area contributed by atoms with Crippen molar-refractivity contribution in [3.05, 3.63) is 82.2 Å². The Morgan fingerprint density at radius 3 is 2.74 bits per heavy atom. The molecule has 5 rings (SSSR count). The summed E-state index contributed by atoms with van der Waals surface area (Å²) >= 11 is 3.50. The van der Waals surface area contributed by atoms with Gasteiger partial charge in [-0.1, -0.05) is 18.2 Å². The van der Waals surface area contributed by atoms with Crippen LogP contribution in [0.15, 0.2) is 66.0 Å². The van der Waals surface area contributed by atoms with Crippen LogP contribution in [0.4, 0.5) is 5.69 Å². The molecule has 1 aliphatic heterocycles. The molecule has 1 aliphatic rings. The van der Waals surface area contributed by atoms with Crippen molar-refractivity contribution in [1.29, 1.82) is 5.41 Å². The first-order valence-electron chi connectivity index (χ1n) is 11.7. The average molecular weight is 585 g/mol. The van der Waals surface area contributed by atoms with Gasteiger partial charge in [-0.15, -0.1) is 11.3 Å². The Morgan fingerprint density at radius 2 is 2.03 bits per heavy atom. The second kappa shape index (κ2) is 10.5. The number of anilines is 1. The number of nitrogens with zero attached hydrogens (tertiary/aromatic N) is 2. The van der Waals surface area contributed by atoms with Crippen molar-refractivity contribution in [2.45, 2.75) is 38.3 Å². The van der Waals surface area contributed by atoms with Gasteiger partial charge >= 0.3 is 0 Å². The Bertz CT molecular complexity index is 1270. The third kappa shape index (κ3) is 5.16. The summed E-state index contributed by atoms with van der Waals surface area (Å²) in [6.07, 6.45) is 4.64. The fraction of sp³-hybridized carbons (Fsp3) is 0.296. The lowest BCUT2D eigenvalue weighted by Crippen LogP contribution is -2.26. The van der Waals surface area contributed by atoms with Crippen molar-refractivity contribution in [3.63, 3.8) is 0 Å². The van der Waals surface area contributed by atoms with E-state index < -0.39 is 0 Å². The van der Waals surface area contributed by atoms with E-state index in [4.69, 9.17) is 8.48 Å². The Kier molecular flexibility index (Phi) is 7.22. The zero-order valence-electron chi connectivity index (χ0n) is 19.3. The summed E-state index contributed by atoms with van der Waals surface area (Å²) in [7, 11) is 2.25. The highest BCUT2D eigenvalue weighted by Crippen LogP contribution is 2.28. The summed E-state index contributed by atoms with van der Waals surface area (Å²) in [5.74, 6) is 1.31. The summed E-state index contributed by atoms with van der Waals surface area (Å²) in [4.78, 5) is 3.45. The molecule has 176 valence electrons. The SMILES string of the molecule is CN1CCCC1CCn1c(Cc2ccc(OI)cc2)cc2cc(NC(=N)c3cccs3)ccc21. The molecule has 2 N–H and O–H groups in total. The lowest BCUT2D eigenvalue weighted by molar-refractivity contribution is 0.286. The first kappa shape index (κ1) is 23.4. The first-order valence-corrected chi connectivity index (χ1v) is 13.5. The molecule has 1 atom stereocenters. The largest absolute Gasteiger partial charge is 0.428 e.